The third-order valence-electron chi connectivity index (χ3n) is 0.745. The Labute approximate surface area is 61.7 Å². The zero-order valence-electron chi connectivity index (χ0n) is 5.56. The molecule has 0 heterocycles. The zero-order chi connectivity index (χ0) is 7.11. The van der Waals surface area contributed by atoms with E-state index in [-0.39, 0.29) is 0 Å². The van der Waals surface area contributed by atoms with E-state index >= 15 is 0 Å². The molecule has 0 aromatic rings. The van der Waals surface area contributed by atoms with Gasteiger partial charge < -0.3 is 4.74 Å². The number of ether oxygens (including phenoxy) is 1. The van der Waals surface area contributed by atoms with Crippen molar-refractivity contribution in [2.75, 3.05) is 13.2 Å². The SMILES string of the molecule is [CH]CCOC/C=C(\C)Cl. The van der Waals surface area contributed by atoms with Gasteiger partial charge in [-0.25, -0.2) is 0 Å². The van der Waals surface area contributed by atoms with Crippen molar-refractivity contribution in [1.29, 1.82) is 0 Å². The van der Waals surface area contributed by atoms with Crippen molar-refractivity contribution >= 4 is 11.6 Å². The van der Waals surface area contributed by atoms with E-state index in [2.05, 4.69) is 0 Å². The Balaban J connectivity index is 3.00. The predicted octanol–water partition coefficient (Wildman–Crippen LogP) is 2.25. The maximum absolute atomic E-state index is 5.51. The van der Waals surface area contributed by atoms with Crippen LogP contribution in [0, 0.1) is 6.92 Å². The molecule has 0 aromatic carbocycles. The molecule has 0 spiro atoms. The summed E-state index contributed by atoms with van der Waals surface area (Å²) in [6, 6.07) is 0. The Hall–Kier alpha value is -0.0100. The highest BCUT2D eigenvalue weighted by atomic mass is 35.5. The lowest BCUT2D eigenvalue weighted by Gasteiger charge is -1.95. The highest BCUT2D eigenvalue weighted by molar-refractivity contribution is 6.29. The smallest absolute Gasteiger partial charge is 0.0661 e. The standard InChI is InChI=1S/C7H11ClO/c1-3-5-9-6-4-7(2)8/h1,4H,3,5-6H2,2H3/b7-4+. The van der Waals surface area contributed by atoms with E-state index < -0.39 is 0 Å². The van der Waals surface area contributed by atoms with Gasteiger partial charge in [-0.1, -0.05) is 11.6 Å². The van der Waals surface area contributed by atoms with Crippen molar-refractivity contribution in [2.24, 2.45) is 0 Å². The molecular weight excluding hydrogens is 136 g/mol. The molecular formula is C7H11ClO. The second kappa shape index (κ2) is 6.12. The quantitative estimate of drug-likeness (QED) is 0.553. The Morgan fingerprint density at radius 3 is 2.89 bits per heavy atom. The molecule has 9 heavy (non-hydrogen) atoms. The van der Waals surface area contributed by atoms with Crippen LogP contribution in [-0.2, 0) is 4.74 Å². The van der Waals surface area contributed by atoms with Gasteiger partial charge in [-0.15, -0.1) is 0 Å². The van der Waals surface area contributed by atoms with Crippen LogP contribution in [0.4, 0.5) is 0 Å². The summed E-state index contributed by atoms with van der Waals surface area (Å²) in [5.74, 6) is 0. The van der Waals surface area contributed by atoms with Crippen LogP contribution in [0.25, 0.3) is 0 Å². The van der Waals surface area contributed by atoms with Gasteiger partial charge in [-0.2, -0.15) is 0 Å². The normalized spacial score (nSPS) is 12.1. The van der Waals surface area contributed by atoms with E-state index in [0.29, 0.717) is 19.6 Å². The van der Waals surface area contributed by atoms with Crippen molar-refractivity contribution in [3.8, 4) is 0 Å². The van der Waals surface area contributed by atoms with E-state index in [4.69, 9.17) is 23.3 Å². The highest BCUT2D eigenvalue weighted by Gasteiger charge is 1.81. The van der Waals surface area contributed by atoms with E-state index in [1.807, 2.05) is 6.92 Å². The monoisotopic (exact) mass is 146 g/mol. The summed E-state index contributed by atoms with van der Waals surface area (Å²) in [6.07, 6.45) is 2.37. The lowest BCUT2D eigenvalue weighted by molar-refractivity contribution is 0.167. The third-order valence-corrected chi connectivity index (χ3v) is 0.899. The Morgan fingerprint density at radius 1 is 1.78 bits per heavy atom. The van der Waals surface area contributed by atoms with Crippen molar-refractivity contribution in [3.05, 3.63) is 18.0 Å². The van der Waals surface area contributed by atoms with Crippen LogP contribution < -0.4 is 0 Å². The topological polar surface area (TPSA) is 9.23 Å². The van der Waals surface area contributed by atoms with Gasteiger partial charge in [0.15, 0.2) is 0 Å². The second-order valence-electron chi connectivity index (χ2n) is 1.65. The minimum Gasteiger partial charge on any atom is -0.377 e. The molecule has 1 nitrogen and oxygen atoms in total. The molecule has 0 fully saturated rings. The average molecular weight is 147 g/mol. The van der Waals surface area contributed by atoms with E-state index in [0.717, 1.165) is 5.03 Å². The molecule has 0 unspecified atom stereocenters. The van der Waals surface area contributed by atoms with Gasteiger partial charge in [-0.05, 0) is 26.3 Å². The zero-order valence-corrected chi connectivity index (χ0v) is 6.32. The fourth-order valence-corrected chi connectivity index (χ4v) is 0.403. The molecule has 0 aliphatic carbocycles. The fourth-order valence-electron chi connectivity index (χ4n) is 0.340. The Kier molecular flexibility index (Phi) is 6.11. The third kappa shape index (κ3) is 7.99. The maximum atomic E-state index is 5.51. The number of allylic oxidation sites excluding steroid dienone is 1. The van der Waals surface area contributed by atoms with Crippen molar-refractivity contribution < 1.29 is 4.74 Å². The molecule has 0 rings (SSSR count). The van der Waals surface area contributed by atoms with Crippen molar-refractivity contribution in [3.63, 3.8) is 0 Å². The van der Waals surface area contributed by atoms with Gasteiger partial charge in [0.2, 0.25) is 0 Å². The van der Waals surface area contributed by atoms with Crippen molar-refractivity contribution in [2.45, 2.75) is 13.3 Å². The van der Waals surface area contributed by atoms with Gasteiger partial charge in [0, 0.05) is 11.6 Å². The van der Waals surface area contributed by atoms with Crippen LogP contribution >= 0.6 is 11.6 Å². The summed E-state index contributed by atoms with van der Waals surface area (Å²) < 4.78 is 5.01. The molecule has 0 saturated carbocycles. The van der Waals surface area contributed by atoms with Gasteiger partial charge in [-0.3, -0.25) is 0 Å². The largest absolute Gasteiger partial charge is 0.377 e. The average Bonchev–Trinajstić information content (AvgIpc) is 1.80. The molecule has 0 N–H and O–H groups in total. The van der Waals surface area contributed by atoms with Gasteiger partial charge in [0.05, 0.1) is 6.61 Å². The molecule has 52 valence electrons. The first-order chi connectivity index (χ1) is 4.27. The minimum atomic E-state index is 0.562. The van der Waals surface area contributed by atoms with Crippen LogP contribution in [0.5, 0.6) is 0 Å². The first-order valence-electron chi connectivity index (χ1n) is 2.87. The molecule has 0 bridgehead atoms. The predicted molar refractivity (Wildman–Crippen MR) is 39.3 cm³/mol. The van der Waals surface area contributed by atoms with Crippen LogP contribution in [0.15, 0.2) is 11.1 Å². The number of hydrogen-bond acceptors (Lipinski definition) is 1. The van der Waals surface area contributed by atoms with Crippen LogP contribution in [0.2, 0.25) is 0 Å². The summed E-state index contributed by atoms with van der Waals surface area (Å²) in [5, 5.41) is 0.757. The van der Waals surface area contributed by atoms with E-state index in [9.17, 15) is 0 Å². The maximum Gasteiger partial charge on any atom is 0.0661 e. The molecule has 0 amide bonds. The van der Waals surface area contributed by atoms with Gasteiger partial charge in [0.25, 0.3) is 0 Å². The van der Waals surface area contributed by atoms with Crippen molar-refractivity contribution in [1.82, 2.24) is 0 Å². The lowest BCUT2D eigenvalue weighted by Crippen LogP contribution is -1.91. The Bertz CT molecular complexity index is 84.9. The second-order valence-corrected chi connectivity index (χ2v) is 2.25. The molecule has 0 atom stereocenters. The van der Waals surface area contributed by atoms with E-state index in [1.165, 1.54) is 0 Å². The Morgan fingerprint density at radius 2 is 2.44 bits per heavy atom. The number of halogens is 1. The van der Waals surface area contributed by atoms with Gasteiger partial charge >= 0.3 is 0 Å². The van der Waals surface area contributed by atoms with Gasteiger partial charge in [0.1, 0.15) is 0 Å². The van der Waals surface area contributed by atoms with E-state index in [1.54, 1.807) is 6.08 Å². The molecule has 0 aromatic heterocycles. The first-order valence-corrected chi connectivity index (χ1v) is 3.25. The summed E-state index contributed by atoms with van der Waals surface area (Å²) in [4.78, 5) is 0. The lowest BCUT2D eigenvalue weighted by atomic mass is 10.5. The molecule has 0 aliphatic rings. The molecule has 2 radical (unpaired) electrons. The number of hydrogen-bond donors (Lipinski definition) is 0. The molecule has 0 aliphatic heterocycles. The molecule has 0 saturated heterocycles. The number of rotatable bonds is 4. The summed E-state index contributed by atoms with van der Waals surface area (Å²) in [5.41, 5.74) is 0. The minimum absolute atomic E-state index is 0.562. The molecule has 2 heteroatoms. The van der Waals surface area contributed by atoms with Crippen LogP contribution in [0.1, 0.15) is 13.3 Å². The highest BCUT2D eigenvalue weighted by Crippen LogP contribution is 1.96. The van der Waals surface area contributed by atoms with Crippen LogP contribution in [0.3, 0.4) is 0 Å². The summed E-state index contributed by atoms with van der Waals surface area (Å²) >= 11 is 5.51. The summed E-state index contributed by atoms with van der Waals surface area (Å²) in [6.45, 7) is 8.14. The fraction of sp³-hybridized carbons (Fsp3) is 0.571. The summed E-state index contributed by atoms with van der Waals surface area (Å²) in [7, 11) is 0. The first kappa shape index (κ1) is 8.99. The van der Waals surface area contributed by atoms with Crippen LogP contribution in [-0.4, -0.2) is 13.2 Å².